The third kappa shape index (κ3) is 9.03. The molecule has 4 heavy (non-hydrogen) atoms. The summed E-state index contributed by atoms with van der Waals surface area (Å²) in [5, 5.41) is 0. The second-order valence-electron chi connectivity index (χ2n) is 0. The van der Waals surface area contributed by atoms with E-state index in [9.17, 15) is 0 Å². The van der Waals surface area contributed by atoms with Crippen LogP contribution in [0.4, 0.5) is 0 Å². The van der Waals surface area contributed by atoms with E-state index in [0.717, 1.165) is 0 Å². The summed E-state index contributed by atoms with van der Waals surface area (Å²) in [5.74, 6) is 0. The quantitative estimate of drug-likeness (QED) is 0.524. The van der Waals surface area contributed by atoms with Crippen LogP contribution in [0.25, 0.3) is 0 Å². The first-order valence-electron chi connectivity index (χ1n) is 0.123. The van der Waals surface area contributed by atoms with Crippen LogP contribution < -0.4 is 0 Å². The van der Waals surface area contributed by atoms with Gasteiger partial charge < -0.3 is 0 Å². The van der Waals surface area contributed by atoms with Crippen molar-refractivity contribution in [3.8, 4) is 0 Å². The molecule has 0 aromatic carbocycles. The maximum atomic E-state index is 3.77. The third-order valence-corrected chi connectivity index (χ3v) is 0. The molecular weight excluding hydrogens is 242 g/mol. The molecule has 0 atom stereocenters. The van der Waals surface area contributed by atoms with Crippen LogP contribution in [0.5, 0.6) is 0 Å². The summed E-state index contributed by atoms with van der Waals surface area (Å²) in [4.78, 5) is 0. The van der Waals surface area contributed by atoms with Crippen LogP contribution in [-0.2, 0) is 14.4 Å². The van der Waals surface area contributed by atoms with Crippen molar-refractivity contribution in [2.75, 3.05) is 0 Å². The van der Waals surface area contributed by atoms with Crippen molar-refractivity contribution >= 4 is 49.9 Å². The summed E-state index contributed by atoms with van der Waals surface area (Å²) >= 11 is 3.77. The van der Waals surface area contributed by atoms with Crippen LogP contribution in [0.2, 0.25) is 0 Å². The average Bonchev–Trinajstić information content (AvgIpc) is 1.00. The Hall–Kier alpha value is 1.96. The second kappa shape index (κ2) is 20.2. The average molecular weight is 248 g/mol. The Morgan fingerprint density at radius 2 is 1.25 bits per heavy atom. The van der Waals surface area contributed by atoms with E-state index in [-0.39, 0.29) is 39.3 Å². The van der Waals surface area contributed by atoms with Gasteiger partial charge in [0, 0.05) is 0 Å². The Morgan fingerprint density at radius 3 is 1.25 bits per heavy atom. The number of rotatable bonds is 0. The van der Waals surface area contributed by atoms with Gasteiger partial charge in [0.05, 0.1) is 0 Å². The third-order valence-electron chi connectivity index (χ3n) is 0. The second-order valence-corrected chi connectivity index (χ2v) is 0. The minimum atomic E-state index is 0. The van der Waals surface area contributed by atoms with Crippen LogP contribution >= 0.6 is 24.0 Å². The van der Waals surface area contributed by atoms with E-state index in [1.54, 1.807) is 0 Å². The molecule has 0 amide bonds. The summed E-state index contributed by atoms with van der Waals surface area (Å²) in [5.41, 5.74) is 0. The molecule has 0 aromatic rings. The molecule has 0 bridgehead atoms. The standard InChI is InChI=1S/Cu.In.H2S.S.3H/h;;1H2;;;;. The van der Waals surface area contributed by atoms with Crippen LogP contribution in [0.1, 0.15) is 0 Å². The Bertz CT molecular complexity index is 6.00. The molecule has 0 aliphatic carbocycles. The van der Waals surface area contributed by atoms with Crippen LogP contribution in [-0.4, -0.2) is 25.8 Å². The van der Waals surface area contributed by atoms with Gasteiger partial charge in [-0.05, 0) is 0 Å². The first-order chi connectivity index (χ1) is 1.00. The Labute approximate surface area is 63.6 Å². The van der Waals surface area contributed by atoms with Gasteiger partial charge in [-0.25, -0.2) is 0 Å². The Morgan fingerprint density at radius 1 is 1.25 bits per heavy atom. The Kier molecular flexibility index (Phi) is 84.7. The number of hydrogen-bond acceptors (Lipinski definition) is 1. The van der Waals surface area contributed by atoms with E-state index in [0.29, 0.717) is 0 Å². The van der Waals surface area contributed by atoms with E-state index in [4.69, 9.17) is 0 Å². The molecule has 0 saturated carbocycles. The molecule has 31 valence electrons. The van der Waals surface area contributed by atoms with Crippen LogP contribution in [0.3, 0.4) is 0 Å². The van der Waals surface area contributed by atoms with Crippen molar-refractivity contribution in [3.05, 3.63) is 0 Å². The summed E-state index contributed by atoms with van der Waals surface area (Å²) in [6.07, 6.45) is 0. The zero-order valence-corrected chi connectivity index (χ0v) is 3.97. The predicted molar refractivity (Wildman–Crippen MR) is 27.9 cm³/mol. The normalized spacial score (nSPS) is 1.50. The molecule has 0 aliphatic heterocycles. The van der Waals surface area contributed by atoms with Crippen molar-refractivity contribution in [3.63, 3.8) is 0 Å². The molecule has 0 radical (unpaired) electrons. The first-order valence-corrected chi connectivity index (χ1v) is 1.52. The summed E-state index contributed by atoms with van der Waals surface area (Å²) in [6, 6.07) is 0. The van der Waals surface area contributed by atoms with Gasteiger partial charge in [-0.3, -0.25) is 0 Å². The SMILES string of the molecule is S.[InH3].[S]=[Cu]. The molecule has 0 unspecified atom stereocenters. The molecule has 0 aromatic heterocycles. The van der Waals surface area contributed by atoms with E-state index >= 15 is 0 Å². The first kappa shape index (κ1) is 16.7. The topological polar surface area (TPSA) is 0 Å². The molecule has 0 fully saturated rings. The summed E-state index contributed by atoms with van der Waals surface area (Å²) in [7, 11) is 3.65. The van der Waals surface area contributed by atoms with E-state index in [1.165, 1.54) is 0 Å². The predicted octanol–water partition coefficient (Wildman–Crippen LogP) is -0.425. The zero-order chi connectivity index (χ0) is 2.00. The van der Waals surface area contributed by atoms with Gasteiger partial charge in [0.2, 0.25) is 0 Å². The summed E-state index contributed by atoms with van der Waals surface area (Å²) in [6.45, 7) is 0. The monoisotopic (exact) mass is 247 g/mol. The zero-order valence-electron chi connectivity index (χ0n) is 1.21. The van der Waals surface area contributed by atoms with Gasteiger partial charge >= 0.3 is 50.8 Å². The fourth-order valence-corrected chi connectivity index (χ4v) is 0. The van der Waals surface area contributed by atoms with Gasteiger partial charge in [-0.1, -0.05) is 0 Å². The fraction of sp³-hybridized carbons (Fsp3) is 0. The molecule has 4 heteroatoms. The van der Waals surface area contributed by atoms with E-state index < -0.39 is 0 Å². The molecule has 0 rings (SSSR count). The molecule has 0 heterocycles. The van der Waals surface area contributed by atoms with E-state index in [2.05, 4.69) is 24.9 Å². The molecule has 0 spiro atoms. The van der Waals surface area contributed by atoms with Gasteiger partial charge in [-0.15, -0.1) is 0 Å². The van der Waals surface area contributed by atoms with Gasteiger partial charge in [0.15, 0.2) is 0 Å². The minimum absolute atomic E-state index is 0. The van der Waals surface area contributed by atoms with Crippen molar-refractivity contribution in [1.82, 2.24) is 0 Å². The van der Waals surface area contributed by atoms with Crippen LogP contribution in [0.15, 0.2) is 0 Å². The number of hydrogen-bond donors (Lipinski definition) is 0. The molecular formula is H5CuInS2. The van der Waals surface area contributed by atoms with Gasteiger partial charge in [-0.2, -0.15) is 13.5 Å². The maximum absolute atomic E-state index is 3.77. The van der Waals surface area contributed by atoms with Crippen molar-refractivity contribution in [2.45, 2.75) is 0 Å². The Balaban J connectivity index is -0.00000000500. The molecule has 0 saturated heterocycles. The fourth-order valence-electron chi connectivity index (χ4n) is 0. The van der Waals surface area contributed by atoms with Gasteiger partial charge in [0.1, 0.15) is 0 Å². The van der Waals surface area contributed by atoms with Crippen molar-refractivity contribution in [1.29, 1.82) is 0 Å². The molecule has 0 aliphatic rings. The van der Waals surface area contributed by atoms with Crippen molar-refractivity contribution < 1.29 is 14.4 Å². The van der Waals surface area contributed by atoms with E-state index in [1.807, 2.05) is 0 Å². The van der Waals surface area contributed by atoms with Crippen molar-refractivity contribution in [2.24, 2.45) is 0 Å². The van der Waals surface area contributed by atoms with Gasteiger partial charge in [0.25, 0.3) is 0 Å². The molecule has 0 nitrogen and oxygen atoms in total. The van der Waals surface area contributed by atoms with Crippen LogP contribution in [0, 0.1) is 0 Å². The summed E-state index contributed by atoms with van der Waals surface area (Å²) < 4.78 is 0. The molecule has 0 N–H and O–H groups in total.